The van der Waals surface area contributed by atoms with Gasteiger partial charge in [-0.3, -0.25) is 9.93 Å². The van der Waals surface area contributed by atoms with Crippen LogP contribution in [0.5, 0.6) is 5.75 Å². The summed E-state index contributed by atoms with van der Waals surface area (Å²) in [6.07, 6.45) is 0.0979. The maximum atomic E-state index is 13.9. The number of carbonyl (C=O) groups excluding carboxylic acids is 1. The summed E-state index contributed by atoms with van der Waals surface area (Å²) in [6, 6.07) is 2.26. The van der Waals surface area contributed by atoms with Crippen molar-refractivity contribution in [1.82, 2.24) is 4.90 Å². The largest absolute Gasteiger partial charge is 0.497 e. The number of rotatable bonds is 4. The Bertz CT molecular complexity index is 476. The molecule has 0 radical (unpaired) electrons. The third kappa shape index (κ3) is 2.82. The lowest BCUT2D eigenvalue weighted by Crippen LogP contribution is -2.25. The zero-order valence-corrected chi connectivity index (χ0v) is 11.2. The maximum Gasteiger partial charge on any atom is 0.224 e. The molecule has 104 valence electrons. The molecule has 1 fully saturated rings. The van der Waals surface area contributed by atoms with E-state index in [1.165, 1.54) is 12.0 Å². The van der Waals surface area contributed by atoms with E-state index in [1.54, 1.807) is 0 Å². The number of hydrogen-bond donors (Lipinski definition) is 1. The predicted molar refractivity (Wildman–Crippen MR) is 68.6 cm³/mol. The van der Waals surface area contributed by atoms with E-state index in [0.29, 0.717) is 5.88 Å². The molecule has 2 rings (SSSR count). The van der Waals surface area contributed by atoms with Crippen molar-refractivity contribution in [3.8, 4) is 5.75 Å². The van der Waals surface area contributed by atoms with Gasteiger partial charge in [0.25, 0.3) is 0 Å². The van der Waals surface area contributed by atoms with Crippen molar-refractivity contribution in [3.05, 3.63) is 29.3 Å². The molecule has 2 N–H and O–H groups in total. The fourth-order valence-electron chi connectivity index (χ4n) is 2.25. The lowest BCUT2D eigenvalue weighted by molar-refractivity contribution is -0.126. The first kappa shape index (κ1) is 14.1. The summed E-state index contributed by atoms with van der Waals surface area (Å²) in [7, 11) is 1.34. The van der Waals surface area contributed by atoms with Crippen LogP contribution >= 0.6 is 11.9 Å². The Kier molecular flexibility index (Phi) is 4.26. The number of nitrogens with zero attached hydrogens (tertiary/aromatic N) is 1. The van der Waals surface area contributed by atoms with Crippen LogP contribution in [0.25, 0.3) is 0 Å². The van der Waals surface area contributed by atoms with E-state index in [-0.39, 0.29) is 30.2 Å². The number of benzene rings is 1. The number of carbonyl (C=O) groups is 1. The van der Waals surface area contributed by atoms with E-state index in [0.717, 1.165) is 24.1 Å². The summed E-state index contributed by atoms with van der Waals surface area (Å²) in [5, 5.41) is 5.31. The minimum Gasteiger partial charge on any atom is -0.497 e. The minimum absolute atomic E-state index is 0.0568. The Morgan fingerprint density at radius 2 is 2.11 bits per heavy atom. The zero-order chi connectivity index (χ0) is 14.0. The smallest absolute Gasteiger partial charge is 0.224 e. The summed E-state index contributed by atoms with van der Waals surface area (Å²) in [5.41, 5.74) is -0.0568. The van der Waals surface area contributed by atoms with Crippen LogP contribution in [0.4, 0.5) is 8.78 Å². The van der Waals surface area contributed by atoms with Gasteiger partial charge in [0.2, 0.25) is 5.91 Å². The Balaban J connectivity index is 2.26. The second-order valence-electron chi connectivity index (χ2n) is 4.32. The summed E-state index contributed by atoms with van der Waals surface area (Å²) in [4.78, 5) is 13.2. The molecule has 1 unspecified atom stereocenters. The van der Waals surface area contributed by atoms with Gasteiger partial charge in [-0.1, -0.05) is 11.9 Å². The lowest BCUT2D eigenvalue weighted by Gasteiger charge is -2.16. The average molecular weight is 288 g/mol. The zero-order valence-electron chi connectivity index (χ0n) is 10.4. The molecule has 0 spiro atoms. The molecule has 1 saturated heterocycles. The van der Waals surface area contributed by atoms with Crippen molar-refractivity contribution in [3.63, 3.8) is 0 Å². The average Bonchev–Trinajstić information content (AvgIpc) is 2.70. The van der Waals surface area contributed by atoms with Crippen LogP contribution in [-0.4, -0.2) is 30.3 Å². The van der Waals surface area contributed by atoms with E-state index < -0.39 is 17.6 Å². The highest BCUT2D eigenvalue weighted by Gasteiger charge is 2.33. The normalized spacial score (nSPS) is 19.1. The fourth-order valence-corrected chi connectivity index (χ4v) is 2.68. The minimum atomic E-state index is -0.683. The van der Waals surface area contributed by atoms with Gasteiger partial charge in [-0.2, -0.15) is 0 Å². The first-order chi connectivity index (χ1) is 9.06. The summed E-state index contributed by atoms with van der Waals surface area (Å²) in [5.74, 6) is -1.54. The Hall–Kier alpha value is -1.34. The van der Waals surface area contributed by atoms with Gasteiger partial charge in [-0.25, -0.2) is 8.78 Å². The Morgan fingerprint density at radius 1 is 1.47 bits per heavy atom. The highest BCUT2D eigenvalue weighted by atomic mass is 32.2. The molecule has 1 amide bonds. The van der Waals surface area contributed by atoms with E-state index in [2.05, 4.69) is 0 Å². The number of amides is 1. The standard InChI is InChI=1S/C12H14F2N2O2S/c1-18-8-3-9(13)12(10(14)4-8)7-2-11(17)16(5-7)6-19-15/h3-4,7H,2,5-6,15H2,1H3. The van der Waals surface area contributed by atoms with E-state index in [1.807, 2.05) is 0 Å². The Labute approximate surface area is 114 Å². The van der Waals surface area contributed by atoms with Crippen LogP contribution in [-0.2, 0) is 4.79 Å². The molecule has 0 bridgehead atoms. The quantitative estimate of drug-likeness (QED) is 0.859. The van der Waals surface area contributed by atoms with Gasteiger partial charge >= 0.3 is 0 Å². The number of nitrogens with two attached hydrogens (primary N) is 1. The van der Waals surface area contributed by atoms with Gasteiger partial charge in [0.05, 0.1) is 13.0 Å². The lowest BCUT2D eigenvalue weighted by atomic mass is 9.97. The van der Waals surface area contributed by atoms with Gasteiger partial charge in [-0.05, 0) is 0 Å². The summed E-state index contributed by atoms with van der Waals surface area (Å²) < 4.78 is 32.6. The maximum absolute atomic E-state index is 13.9. The second-order valence-corrected chi connectivity index (χ2v) is 4.91. The van der Waals surface area contributed by atoms with Crippen LogP contribution in [0, 0.1) is 11.6 Å². The Morgan fingerprint density at radius 3 is 2.63 bits per heavy atom. The third-order valence-electron chi connectivity index (χ3n) is 3.14. The molecular formula is C12H14F2N2O2S. The highest BCUT2D eigenvalue weighted by molar-refractivity contribution is 7.97. The van der Waals surface area contributed by atoms with Crippen LogP contribution in [0.15, 0.2) is 12.1 Å². The van der Waals surface area contributed by atoms with E-state index in [9.17, 15) is 13.6 Å². The van der Waals surface area contributed by atoms with Crippen LogP contribution in [0.2, 0.25) is 0 Å². The molecular weight excluding hydrogens is 274 g/mol. The van der Waals surface area contributed by atoms with E-state index in [4.69, 9.17) is 9.88 Å². The van der Waals surface area contributed by atoms with Crippen molar-refractivity contribution >= 4 is 17.9 Å². The number of methoxy groups -OCH3 is 1. The van der Waals surface area contributed by atoms with Crippen molar-refractivity contribution < 1.29 is 18.3 Å². The van der Waals surface area contributed by atoms with Crippen LogP contribution in [0.3, 0.4) is 0 Å². The fraction of sp³-hybridized carbons (Fsp3) is 0.417. The molecule has 1 aromatic carbocycles. The highest BCUT2D eigenvalue weighted by Crippen LogP contribution is 2.34. The van der Waals surface area contributed by atoms with Gasteiger partial charge in [-0.15, -0.1) is 0 Å². The SMILES string of the molecule is COc1cc(F)c(C2CC(=O)N(CSN)C2)c(F)c1. The first-order valence-corrected chi connectivity index (χ1v) is 6.74. The van der Waals surface area contributed by atoms with E-state index >= 15 is 0 Å². The molecule has 1 aliphatic rings. The molecule has 1 heterocycles. The van der Waals surface area contributed by atoms with Crippen molar-refractivity contribution in [2.45, 2.75) is 12.3 Å². The van der Waals surface area contributed by atoms with Gasteiger partial charge < -0.3 is 9.64 Å². The number of likely N-dealkylation sites (tertiary alicyclic amines) is 1. The van der Waals surface area contributed by atoms with Crippen LogP contribution in [0.1, 0.15) is 17.9 Å². The molecule has 1 aromatic rings. The first-order valence-electron chi connectivity index (χ1n) is 5.69. The van der Waals surface area contributed by atoms with Crippen molar-refractivity contribution in [1.29, 1.82) is 0 Å². The number of halogens is 2. The molecule has 0 aliphatic carbocycles. The summed E-state index contributed by atoms with van der Waals surface area (Å²) in [6.45, 7) is 0.281. The van der Waals surface area contributed by atoms with Gasteiger partial charge in [0.15, 0.2) is 0 Å². The van der Waals surface area contributed by atoms with Gasteiger partial charge in [0, 0.05) is 36.6 Å². The predicted octanol–water partition coefficient (Wildman–Crippen LogP) is 1.85. The third-order valence-corrected chi connectivity index (χ3v) is 3.60. The molecule has 1 atom stereocenters. The van der Waals surface area contributed by atoms with Gasteiger partial charge in [0.1, 0.15) is 17.4 Å². The molecule has 7 heteroatoms. The number of ether oxygens (including phenoxy) is 1. The van der Waals surface area contributed by atoms with Crippen molar-refractivity contribution in [2.75, 3.05) is 19.5 Å². The second kappa shape index (κ2) is 5.75. The molecule has 4 nitrogen and oxygen atoms in total. The summed E-state index contributed by atoms with van der Waals surface area (Å²) >= 11 is 1.01. The number of hydrogen-bond acceptors (Lipinski definition) is 4. The van der Waals surface area contributed by atoms with Crippen LogP contribution < -0.4 is 9.88 Å². The molecule has 1 aliphatic heterocycles. The topological polar surface area (TPSA) is 55.6 Å². The molecule has 0 saturated carbocycles. The molecule has 19 heavy (non-hydrogen) atoms. The monoisotopic (exact) mass is 288 g/mol. The van der Waals surface area contributed by atoms with Crippen molar-refractivity contribution in [2.24, 2.45) is 5.14 Å². The molecule has 0 aromatic heterocycles.